The van der Waals surface area contributed by atoms with Crippen molar-refractivity contribution in [2.75, 3.05) is 5.32 Å². The van der Waals surface area contributed by atoms with Gasteiger partial charge in [0.1, 0.15) is 0 Å². The number of halogens is 1. The summed E-state index contributed by atoms with van der Waals surface area (Å²) in [5, 5.41) is 3.11. The van der Waals surface area contributed by atoms with Crippen molar-refractivity contribution in [3.05, 3.63) is 33.8 Å². The predicted molar refractivity (Wildman–Crippen MR) is 57.1 cm³/mol. The summed E-state index contributed by atoms with van der Waals surface area (Å²) >= 11 is 5.85. The van der Waals surface area contributed by atoms with E-state index in [0.29, 0.717) is 28.0 Å². The summed E-state index contributed by atoms with van der Waals surface area (Å²) < 4.78 is 0. The van der Waals surface area contributed by atoms with E-state index in [1.54, 1.807) is 6.07 Å². The van der Waals surface area contributed by atoms with E-state index in [2.05, 4.69) is 15.3 Å². The maximum atomic E-state index is 11.4. The summed E-state index contributed by atoms with van der Waals surface area (Å²) in [6.45, 7) is 0. The first-order chi connectivity index (χ1) is 7.22. The molecule has 2 aromatic rings. The standard InChI is InChI=1S/C9H6ClN3O2/c10-6-1-5-7(2-8(6)13-4-14)11-3-12-9(5)15/h1-4H,(H,13,14)(H,11,12,15). The number of hydrogen-bond donors (Lipinski definition) is 2. The first-order valence-electron chi connectivity index (χ1n) is 4.09. The Hall–Kier alpha value is -1.88. The van der Waals surface area contributed by atoms with Crippen LogP contribution in [-0.2, 0) is 4.79 Å². The highest BCUT2D eigenvalue weighted by Gasteiger charge is 2.05. The topological polar surface area (TPSA) is 74.8 Å². The van der Waals surface area contributed by atoms with E-state index < -0.39 is 0 Å². The third-order valence-electron chi connectivity index (χ3n) is 1.94. The van der Waals surface area contributed by atoms with Crippen molar-refractivity contribution in [1.82, 2.24) is 9.97 Å². The quantitative estimate of drug-likeness (QED) is 0.750. The van der Waals surface area contributed by atoms with Crippen molar-refractivity contribution < 1.29 is 4.79 Å². The third-order valence-corrected chi connectivity index (χ3v) is 2.26. The highest BCUT2D eigenvalue weighted by atomic mass is 35.5. The molecule has 0 aliphatic carbocycles. The molecular weight excluding hydrogens is 218 g/mol. The third kappa shape index (κ3) is 1.69. The lowest BCUT2D eigenvalue weighted by Crippen LogP contribution is -2.06. The number of anilines is 1. The number of benzene rings is 1. The molecule has 1 aromatic carbocycles. The van der Waals surface area contributed by atoms with Gasteiger partial charge in [0.25, 0.3) is 5.56 Å². The molecule has 76 valence electrons. The van der Waals surface area contributed by atoms with Crippen LogP contribution in [0.3, 0.4) is 0 Å². The molecule has 2 rings (SSSR count). The van der Waals surface area contributed by atoms with Gasteiger partial charge in [-0.15, -0.1) is 0 Å². The molecule has 0 saturated carbocycles. The Balaban J connectivity index is 2.76. The Labute approximate surface area is 89.1 Å². The summed E-state index contributed by atoms with van der Waals surface area (Å²) in [5.74, 6) is 0. The van der Waals surface area contributed by atoms with Gasteiger partial charge in [-0.1, -0.05) is 11.6 Å². The van der Waals surface area contributed by atoms with Gasteiger partial charge in [0.15, 0.2) is 0 Å². The number of carbonyl (C=O) groups is 1. The van der Waals surface area contributed by atoms with Gasteiger partial charge in [-0.25, -0.2) is 4.98 Å². The molecule has 0 aliphatic rings. The predicted octanol–water partition coefficient (Wildman–Crippen LogP) is 1.14. The number of nitrogens with zero attached hydrogens (tertiary/aromatic N) is 1. The highest BCUT2D eigenvalue weighted by Crippen LogP contribution is 2.24. The number of nitrogens with one attached hydrogen (secondary N) is 2. The molecule has 1 amide bonds. The Morgan fingerprint density at radius 1 is 1.47 bits per heavy atom. The molecule has 0 saturated heterocycles. The maximum absolute atomic E-state index is 11.4. The fraction of sp³-hybridized carbons (Fsp3) is 0. The van der Waals surface area contributed by atoms with Crippen LogP contribution in [0.1, 0.15) is 0 Å². The lowest BCUT2D eigenvalue weighted by atomic mass is 10.2. The Morgan fingerprint density at radius 3 is 3.00 bits per heavy atom. The van der Waals surface area contributed by atoms with Gasteiger partial charge in [0.2, 0.25) is 6.41 Å². The summed E-state index contributed by atoms with van der Waals surface area (Å²) in [5.41, 5.74) is 0.643. The molecule has 5 nitrogen and oxygen atoms in total. The summed E-state index contributed by atoms with van der Waals surface area (Å²) in [4.78, 5) is 28.0. The van der Waals surface area contributed by atoms with Crippen LogP contribution >= 0.6 is 11.6 Å². The summed E-state index contributed by atoms with van der Waals surface area (Å²) in [6.07, 6.45) is 1.81. The Morgan fingerprint density at radius 2 is 2.27 bits per heavy atom. The van der Waals surface area contributed by atoms with Crippen LogP contribution in [-0.4, -0.2) is 16.4 Å². The zero-order chi connectivity index (χ0) is 10.8. The van der Waals surface area contributed by atoms with E-state index in [-0.39, 0.29) is 5.56 Å². The fourth-order valence-corrected chi connectivity index (χ4v) is 1.48. The highest BCUT2D eigenvalue weighted by molar-refractivity contribution is 6.34. The van der Waals surface area contributed by atoms with E-state index >= 15 is 0 Å². The second-order valence-electron chi connectivity index (χ2n) is 2.84. The monoisotopic (exact) mass is 223 g/mol. The molecule has 0 radical (unpaired) electrons. The van der Waals surface area contributed by atoms with Crippen molar-refractivity contribution in [3.63, 3.8) is 0 Å². The van der Waals surface area contributed by atoms with Gasteiger partial charge in [0, 0.05) is 0 Å². The molecule has 1 heterocycles. The first kappa shape index (κ1) is 9.67. The van der Waals surface area contributed by atoms with Crippen LogP contribution in [0.25, 0.3) is 10.9 Å². The molecule has 0 fully saturated rings. The minimum absolute atomic E-state index is 0.264. The van der Waals surface area contributed by atoms with Crippen molar-refractivity contribution >= 4 is 34.6 Å². The van der Waals surface area contributed by atoms with Crippen LogP contribution in [0, 0.1) is 0 Å². The lowest BCUT2D eigenvalue weighted by molar-refractivity contribution is -0.105. The molecular formula is C9H6ClN3O2. The zero-order valence-corrected chi connectivity index (χ0v) is 8.21. The lowest BCUT2D eigenvalue weighted by Gasteiger charge is -2.03. The molecule has 0 atom stereocenters. The van der Waals surface area contributed by atoms with Gasteiger partial charge >= 0.3 is 0 Å². The minimum atomic E-state index is -0.264. The van der Waals surface area contributed by atoms with Crippen molar-refractivity contribution in [1.29, 1.82) is 0 Å². The van der Waals surface area contributed by atoms with Gasteiger partial charge < -0.3 is 10.3 Å². The largest absolute Gasteiger partial charge is 0.327 e. The summed E-state index contributed by atoms with van der Waals surface area (Å²) in [6, 6.07) is 3.01. The number of aromatic nitrogens is 2. The molecule has 0 aliphatic heterocycles. The number of aromatic amines is 1. The molecule has 2 N–H and O–H groups in total. The van der Waals surface area contributed by atoms with Gasteiger partial charge in [-0.05, 0) is 12.1 Å². The molecule has 0 unspecified atom stereocenters. The zero-order valence-electron chi connectivity index (χ0n) is 7.45. The first-order valence-corrected chi connectivity index (χ1v) is 4.47. The number of hydrogen-bond acceptors (Lipinski definition) is 3. The van der Waals surface area contributed by atoms with E-state index in [9.17, 15) is 9.59 Å². The van der Waals surface area contributed by atoms with Crippen LogP contribution in [0.4, 0.5) is 5.69 Å². The number of fused-ring (bicyclic) bond motifs is 1. The molecule has 0 spiro atoms. The van der Waals surface area contributed by atoms with Crippen molar-refractivity contribution in [2.45, 2.75) is 0 Å². The van der Waals surface area contributed by atoms with E-state index in [4.69, 9.17) is 11.6 Å². The molecule has 6 heteroatoms. The van der Waals surface area contributed by atoms with Gasteiger partial charge in [-0.2, -0.15) is 0 Å². The maximum Gasteiger partial charge on any atom is 0.258 e. The number of amides is 1. The van der Waals surface area contributed by atoms with E-state index in [1.807, 2.05) is 0 Å². The van der Waals surface area contributed by atoms with Gasteiger partial charge in [-0.3, -0.25) is 9.59 Å². The second-order valence-corrected chi connectivity index (χ2v) is 3.25. The van der Waals surface area contributed by atoms with Crippen LogP contribution in [0.15, 0.2) is 23.3 Å². The summed E-state index contributed by atoms with van der Waals surface area (Å²) in [7, 11) is 0. The van der Waals surface area contributed by atoms with Crippen molar-refractivity contribution in [2.24, 2.45) is 0 Å². The number of H-pyrrole nitrogens is 1. The molecule has 15 heavy (non-hydrogen) atoms. The average molecular weight is 224 g/mol. The van der Waals surface area contributed by atoms with E-state index in [1.165, 1.54) is 12.4 Å². The normalized spacial score (nSPS) is 10.2. The number of carbonyl (C=O) groups excluding carboxylic acids is 1. The van der Waals surface area contributed by atoms with Crippen LogP contribution in [0.5, 0.6) is 0 Å². The van der Waals surface area contributed by atoms with E-state index in [0.717, 1.165) is 0 Å². The SMILES string of the molecule is O=CNc1cc2nc[nH]c(=O)c2cc1Cl. The fourth-order valence-electron chi connectivity index (χ4n) is 1.26. The van der Waals surface area contributed by atoms with Crippen LogP contribution in [0.2, 0.25) is 5.02 Å². The Bertz CT molecular complexity index is 579. The Kier molecular flexibility index (Phi) is 2.39. The molecule has 1 aromatic heterocycles. The molecule has 0 bridgehead atoms. The van der Waals surface area contributed by atoms with Crippen molar-refractivity contribution in [3.8, 4) is 0 Å². The number of rotatable bonds is 2. The second kappa shape index (κ2) is 3.70. The van der Waals surface area contributed by atoms with Crippen LogP contribution < -0.4 is 10.9 Å². The smallest absolute Gasteiger partial charge is 0.258 e. The minimum Gasteiger partial charge on any atom is -0.327 e. The van der Waals surface area contributed by atoms with Gasteiger partial charge in [0.05, 0.1) is 27.9 Å². The average Bonchev–Trinajstić information content (AvgIpc) is 2.21.